The predicted octanol–water partition coefficient (Wildman–Crippen LogP) is 2.04. The van der Waals surface area contributed by atoms with E-state index in [4.69, 9.17) is 10.8 Å². The summed E-state index contributed by atoms with van der Waals surface area (Å²) in [6.45, 7) is 2.99. The molecule has 21 heavy (non-hydrogen) atoms. The molecule has 1 heterocycles. The van der Waals surface area contributed by atoms with Gasteiger partial charge in [0.05, 0.1) is 5.56 Å². The van der Waals surface area contributed by atoms with Crippen LogP contribution in [0, 0.1) is 12.7 Å². The summed E-state index contributed by atoms with van der Waals surface area (Å²) < 4.78 is 14.4. The average Bonchev–Trinajstić information content (AvgIpc) is 2.77. The van der Waals surface area contributed by atoms with Crippen LogP contribution in [0.3, 0.4) is 0 Å². The van der Waals surface area contributed by atoms with Crippen molar-refractivity contribution in [3.8, 4) is 11.3 Å². The van der Waals surface area contributed by atoms with Crippen molar-refractivity contribution in [1.29, 1.82) is 0 Å². The van der Waals surface area contributed by atoms with Gasteiger partial charge in [-0.25, -0.2) is 13.9 Å². The van der Waals surface area contributed by atoms with E-state index in [0.29, 0.717) is 17.4 Å². The molecule has 0 aliphatic rings. The molecule has 1 aromatic carbocycles. The first-order chi connectivity index (χ1) is 9.86. The fraction of sp³-hybridized carbons (Fsp3) is 0.214. The van der Waals surface area contributed by atoms with Gasteiger partial charge >= 0.3 is 5.97 Å². The molecule has 2 aromatic rings. The maximum atomic E-state index is 13.3. The van der Waals surface area contributed by atoms with E-state index in [1.54, 1.807) is 6.92 Å². The van der Waals surface area contributed by atoms with Crippen LogP contribution in [0.5, 0.6) is 0 Å². The van der Waals surface area contributed by atoms with Gasteiger partial charge in [0, 0.05) is 5.56 Å². The van der Waals surface area contributed by atoms with Gasteiger partial charge in [-0.05, 0) is 37.6 Å². The zero-order chi connectivity index (χ0) is 15.7. The van der Waals surface area contributed by atoms with Gasteiger partial charge in [-0.3, -0.25) is 4.79 Å². The van der Waals surface area contributed by atoms with Gasteiger partial charge in [-0.1, -0.05) is 0 Å². The lowest BCUT2D eigenvalue weighted by Gasteiger charge is -2.08. The number of anilines is 1. The third-order valence-corrected chi connectivity index (χ3v) is 3.26. The third-order valence-electron chi connectivity index (χ3n) is 3.26. The van der Waals surface area contributed by atoms with E-state index in [1.165, 1.54) is 25.1 Å². The fourth-order valence-corrected chi connectivity index (χ4v) is 1.98. The maximum absolute atomic E-state index is 13.3. The normalized spacial score (nSPS) is 12.1. The van der Waals surface area contributed by atoms with E-state index in [0.717, 1.165) is 4.68 Å². The molecular weight excluding hydrogens is 277 g/mol. The van der Waals surface area contributed by atoms with Gasteiger partial charge in [0.15, 0.2) is 6.29 Å². The first-order valence-corrected chi connectivity index (χ1v) is 6.19. The number of benzene rings is 1. The van der Waals surface area contributed by atoms with E-state index in [9.17, 15) is 14.0 Å². The van der Waals surface area contributed by atoms with Crippen LogP contribution in [0.1, 0.15) is 28.9 Å². The van der Waals surface area contributed by atoms with Gasteiger partial charge in [-0.15, -0.1) is 0 Å². The zero-order valence-electron chi connectivity index (χ0n) is 11.5. The number of aromatic nitrogens is 2. The number of nitrogens with zero attached hydrogens (tertiary/aromatic N) is 2. The number of hydrogen-bond acceptors (Lipinski definition) is 4. The molecule has 6 nitrogen and oxygen atoms in total. The highest BCUT2D eigenvalue weighted by Gasteiger charge is 2.23. The van der Waals surface area contributed by atoms with Gasteiger partial charge in [0.25, 0.3) is 0 Å². The molecule has 0 amide bonds. The van der Waals surface area contributed by atoms with Crippen molar-refractivity contribution in [3.05, 3.63) is 35.1 Å². The van der Waals surface area contributed by atoms with Gasteiger partial charge in [0.2, 0.25) is 0 Å². The molecule has 0 saturated heterocycles. The van der Waals surface area contributed by atoms with Crippen LogP contribution in [0.15, 0.2) is 18.2 Å². The van der Waals surface area contributed by atoms with Crippen molar-refractivity contribution >= 4 is 18.1 Å². The van der Waals surface area contributed by atoms with Crippen molar-refractivity contribution in [2.24, 2.45) is 0 Å². The number of carbonyl (C=O) groups is 2. The Morgan fingerprint density at radius 1 is 1.52 bits per heavy atom. The van der Waals surface area contributed by atoms with E-state index in [-0.39, 0.29) is 22.9 Å². The van der Waals surface area contributed by atoms with Crippen LogP contribution < -0.4 is 5.73 Å². The molecule has 7 heteroatoms. The maximum Gasteiger partial charge on any atom is 0.328 e. The Labute approximate surface area is 120 Å². The first kappa shape index (κ1) is 14.7. The van der Waals surface area contributed by atoms with E-state index >= 15 is 0 Å². The Bertz CT molecular complexity index is 724. The summed E-state index contributed by atoms with van der Waals surface area (Å²) in [6.07, 6.45) is 0.515. The molecule has 0 fully saturated rings. The third kappa shape index (κ3) is 2.49. The van der Waals surface area contributed by atoms with Crippen molar-refractivity contribution < 1.29 is 19.1 Å². The number of carboxylic acid groups (broad SMARTS) is 1. The number of carbonyl (C=O) groups excluding carboxylic acids is 1. The molecule has 3 N–H and O–H groups in total. The molecule has 1 atom stereocenters. The number of nitrogen functional groups attached to an aromatic ring is 1. The summed E-state index contributed by atoms with van der Waals surface area (Å²) in [6, 6.07) is 3.24. The second-order valence-electron chi connectivity index (χ2n) is 4.69. The lowest BCUT2D eigenvalue weighted by molar-refractivity contribution is -0.140. The Hall–Kier alpha value is -2.70. The molecule has 110 valence electrons. The highest BCUT2D eigenvalue weighted by atomic mass is 19.1. The summed E-state index contributed by atoms with van der Waals surface area (Å²) in [5.74, 6) is -1.53. The second-order valence-corrected chi connectivity index (χ2v) is 4.69. The highest BCUT2D eigenvalue weighted by Crippen LogP contribution is 2.29. The van der Waals surface area contributed by atoms with Crippen molar-refractivity contribution in [3.63, 3.8) is 0 Å². The number of aliphatic carboxylic acids is 1. The second kappa shape index (κ2) is 5.35. The minimum absolute atomic E-state index is 0.0307. The Kier molecular flexibility index (Phi) is 3.75. The quantitative estimate of drug-likeness (QED) is 0.840. The Morgan fingerprint density at radius 3 is 2.71 bits per heavy atom. The van der Waals surface area contributed by atoms with Crippen LogP contribution in [0.4, 0.5) is 10.2 Å². The highest BCUT2D eigenvalue weighted by molar-refractivity contribution is 5.92. The lowest BCUT2D eigenvalue weighted by Crippen LogP contribution is -2.18. The lowest BCUT2D eigenvalue weighted by atomic mass is 10.1. The number of hydrogen-bond donors (Lipinski definition) is 2. The summed E-state index contributed by atoms with van der Waals surface area (Å²) in [4.78, 5) is 22.3. The van der Waals surface area contributed by atoms with E-state index in [1.807, 2.05) is 0 Å². The number of carboxylic acids is 1. The summed E-state index contributed by atoms with van der Waals surface area (Å²) in [7, 11) is 0. The standard InChI is InChI=1S/C14H14FN3O3/c1-7-5-9(3-4-11(7)15)12-10(6-19)13(16)18(17-12)8(2)14(20)21/h3-6,8H,16H2,1-2H3,(H,20,21). The molecule has 0 aliphatic carbocycles. The Balaban J connectivity index is 2.63. The number of rotatable bonds is 4. The minimum Gasteiger partial charge on any atom is -0.480 e. The van der Waals surface area contributed by atoms with Gasteiger partial charge < -0.3 is 10.8 Å². The number of aryl methyl sites for hydroxylation is 1. The molecular formula is C14H14FN3O3. The topological polar surface area (TPSA) is 98.2 Å². The SMILES string of the molecule is Cc1cc(-c2nn(C(C)C(=O)O)c(N)c2C=O)ccc1F. The van der Waals surface area contributed by atoms with Crippen molar-refractivity contribution in [2.45, 2.75) is 19.9 Å². The molecule has 1 aromatic heterocycles. The minimum atomic E-state index is -1.12. The van der Waals surface area contributed by atoms with Gasteiger partial charge in [0.1, 0.15) is 23.4 Å². The van der Waals surface area contributed by atoms with Crippen LogP contribution >= 0.6 is 0 Å². The predicted molar refractivity (Wildman–Crippen MR) is 74.5 cm³/mol. The first-order valence-electron chi connectivity index (χ1n) is 6.19. The molecule has 2 rings (SSSR count). The number of nitrogens with two attached hydrogens (primary N) is 1. The van der Waals surface area contributed by atoms with Crippen LogP contribution in [0.25, 0.3) is 11.3 Å². The average molecular weight is 291 g/mol. The largest absolute Gasteiger partial charge is 0.480 e. The molecule has 0 aliphatic heterocycles. The van der Waals surface area contributed by atoms with Crippen LogP contribution in [0.2, 0.25) is 0 Å². The summed E-state index contributed by atoms with van der Waals surface area (Å²) in [5, 5.41) is 13.1. The smallest absolute Gasteiger partial charge is 0.328 e. The molecule has 0 bridgehead atoms. The summed E-state index contributed by atoms with van der Waals surface area (Å²) in [5.41, 5.74) is 7.01. The molecule has 0 radical (unpaired) electrons. The molecule has 0 spiro atoms. The van der Waals surface area contributed by atoms with Crippen LogP contribution in [-0.4, -0.2) is 27.1 Å². The Morgan fingerprint density at radius 2 is 2.19 bits per heavy atom. The monoisotopic (exact) mass is 291 g/mol. The van der Waals surface area contributed by atoms with Crippen molar-refractivity contribution in [2.75, 3.05) is 5.73 Å². The van der Waals surface area contributed by atoms with E-state index < -0.39 is 12.0 Å². The van der Waals surface area contributed by atoms with Crippen LogP contribution in [-0.2, 0) is 4.79 Å². The number of halogens is 1. The molecule has 0 saturated carbocycles. The van der Waals surface area contributed by atoms with E-state index in [2.05, 4.69) is 5.10 Å². The zero-order valence-corrected chi connectivity index (χ0v) is 11.5. The van der Waals surface area contributed by atoms with Crippen molar-refractivity contribution in [1.82, 2.24) is 9.78 Å². The summed E-state index contributed by atoms with van der Waals surface area (Å²) >= 11 is 0. The number of aldehydes is 1. The molecule has 1 unspecified atom stereocenters. The van der Waals surface area contributed by atoms with Gasteiger partial charge in [-0.2, -0.15) is 5.10 Å². The fourth-order valence-electron chi connectivity index (χ4n) is 1.98.